The van der Waals surface area contributed by atoms with E-state index in [0.29, 0.717) is 16.4 Å². The van der Waals surface area contributed by atoms with Crippen molar-refractivity contribution in [2.45, 2.75) is 6.92 Å². The summed E-state index contributed by atoms with van der Waals surface area (Å²) in [6.07, 6.45) is 1.48. The van der Waals surface area contributed by atoms with Crippen LogP contribution in [-0.4, -0.2) is 10.2 Å². The maximum absolute atomic E-state index is 8.93. The minimum Gasteiger partial charge on any atom is -0.337 e. The molecule has 0 aliphatic heterocycles. The largest absolute Gasteiger partial charge is 0.337 e. The molecular formula is C12H9ClN4. The first kappa shape index (κ1) is 11.4. The van der Waals surface area contributed by atoms with Gasteiger partial charge in [0, 0.05) is 10.7 Å². The minimum atomic E-state index is 0.445. The predicted octanol–water partition coefficient (Wildman–Crippen LogP) is 3.05. The van der Waals surface area contributed by atoms with Crippen LogP contribution in [0, 0.1) is 18.3 Å². The standard InChI is InChI=1S/C12H9ClN4/c1-8-6-10(13)2-3-11(8)16-12-9(7-14)4-5-15-17-12/h2-6H,1H3,(H,16,17). The van der Waals surface area contributed by atoms with E-state index in [9.17, 15) is 0 Å². The normalized spacial score (nSPS) is 9.71. The van der Waals surface area contributed by atoms with Gasteiger partial charge in [0.2, 0.25) is 0 Å². The first-order valence-electron chi connectivity index (χ1n) is 4.95. The summed E-state index contributed by atoms with van der Waals surface area (Å²) < 4.78 is 0. The number of aromatic nitrogens is 2. The van der Waals surface area contributed by atoms with Gasteiger partial charge in [-0.05, 0) is 36.8 Å². The summed E-state index contributed by atoms with van der Waals surface area (Å²) in [7, 11) is 0. The van der Waals surface area contributed by atoms with Gasteiger partial charge < -0.3 is 5.32 Å². The number of nitrogens with one attached hydrogen (secondary N) is 1. The van der Waals surface area contributed by atoms with Crippen molar-refractivity contribution in [1.82, 2.24) is 10.2 Å². The molecule has 0 radical (unpaired) electrons. The van der Waals surface area contributed by atoms with Gasteiger partial charge in [0.1, 0.15) is 6.07 Å². The van der Waals surface area contributed by atoms with Crippen LogP contribution in [-0.2, 0) is 0 Å². The van der Waals surface area contributed by atoms with Crippen LogP contribution in [0.1, 0.15) is 11.1 Å². The highest BCUT2D eigenvalue weighted by Gasteiger charge is 2.05. The number of nitrogens with zero attached hydrogens (tertiary/aromatic N) is 3. The fourth-order valence-electron chi connectivity index (χ4n) is 1.41. The Morgan fingerprint density at radius 2 is 2.18 bits per heavy atom. The summed E-state index contributed by atoms with van der Waals surface area (Å²) in [5, 5.41) is 20.3. The molecule has 2 aromatic rings. The number of halogens is 1. The van der Waals surface area contributed by atoms with E-state index in [1.807, 2.05) is 19.1 Å². The summed E-state index contributed by atoms with van der Waals surface area (Å²) in [5.74, 6) is 0.445. The Labute approximate surface area is 104 Å². The van der Waals surface area contributed by atoms with Gasteiger partial charge in [-0.25, -0.2) is 0 Å². The molecule has 0 fully saturated rings. The van der Waals surface area contributed by atoms with Crippen molar-refractivity contribution in [2.75, 3.05) is 5.32 Å². The van der Waals surface area contributed by atoms with E-state index in [1.54, 1.807) is 12.1 Å². The molecule has 0 atom stereocenters. The summed E-state index contributed by atoms with van der Waals surface area (Å²) in [6.45, 7) is 1.93. The lowest BCUT2D eigenvalue weighted by Crippen LogP contribution is -1.99. The van der Waals surface area contributed by atoms with Crippen molar-refractivity contribution >= 4 is 23.1 Å². The summed E-state index contributed by atoms with van der Waals surface area (Å²) in [4.78, 5) is 0. The molecule has 4 nitrogen and oxygen atoms in total. The van der Waals surface area contributed by atoms with E-state index in [2.05, 4.69) is 21.6 Å². The van der Waals surface area contributed by atoms with Crippen LogP contribution < -0.4 is 5.32 Å². The van der Waals surface area contributed by atoms with Crippen molar-refractivity contribution in [3.05, 3.63) is 46.6 Å². The maximum Gasteiger partial charge on any atom is 0.171 e. The van der Waals surface area contributed by atoms with E-state index in [4.69, 9.17) is 16.9 Å². The molecule has 1 heterocycles. The number of rotatable bonds is 2. The molecule has 0 aliphatic carbocycles. The third kappa shape index (κ3) is 2.52. The number of hydrogen-bond acceptors (Lipinski definition) is 4. The highest BCUT2D eigenvalue weighted by molar-refractivity contribution is 6.30. The molecule has 0 saturated carbocycles. The molecule has 0 bridgehead atoms. The fraction of sp³-hybridized carbons (Fsp3) is 0.0833. The maximum atomic E-state index is 8.93. The average Bonchev–Trinajstić information content (AvgIpc) is 2.33. The quantitative estimate of drug-likeness (QED) is 0.882. The molecule has 0 amide bonds. The fourth-order valence-corrected chi connectivity index (χ4v) is 1.64. The molecule has 0 unspecified atom stereocenters. The summed E-state index contributed by atoms with van der Waals surface area (Å²) in [5.41, 5.74) is 2.28. The summed E-state index contributed by atoms with van der Waals surface area (Å²) in [6, 6.07) is 9.12. The zero-order valence-electron chi connectivity index (χ0n) is 9.11. The van der Waals surface area contributed by atoms with Gasteiger partial charge in [-0.15, -0.1) is 5.10 Å². The number of aryl methyl sites for hydroxylation is 1. The molecular weight excluding hydrogens is 236 g/mol. The van der Waals surface area contributed by atoms with Crippen molar-refractivity contribution in [3.63, 3.8) is 0 Å². The Morgan fingerprint density at radius 1 is 1.35 bits per heavy atom. The van der Waals surface area contributed by atoms with Gasteiger partial charge >= 0.3 is 0 Å². The lowest BCUT2D eigenvalue weighted by Gasteiger charge is -2.09. The van der Waals surface area contributed by atoms with Gasteiger partial charge in [0.15, 0.2) is 5.82 Å². The van der Waals surface area contributed by atoms with Gasteiger partial charge in [-0.2, -0.15) is 10.4 Å². The van der Waals surface area contributed by atoms with Crippen LogP contribution in [0.2, 0.25) is 5.02 Å². The smallest absolute Gasteiger partial charge is 0.171 e. The van der Waals surface area contributed by atoms with Gasteiger partial charge in [-0.1, -0.05) is 11.6 Å². The van der Waals surface area contributed by atoms with Crippen LogP contribution in [0.5, 0.6) is 0 Å². The molecule has 1 aromatic carbocycles. The van der Waals surface area contributed by atoms with Crippen LogP contribution >= 0.6 is 11.6 Å². The first-order chi connectivity index (χ1) is 8.20. The number of hydrogen-bond donors (Lipinski definition) is 1. The van der Waals surface area contributed by atoms with E-state index in [-0.39, 0.29) is 0 Å². The molecule has 1 aromatic heterocycles. The summed E-state index contributed by atoms with van der Waals surface area (Å²) >= 11 is 5.87. The number of anilines is 2. The molecule has 2 rings (SSSR count). The minimum absolute atomic E-state index is 0.445. The SMILES string of the molecule is Cc1cc(Cl)ccc1Nc1nnccc1C#N. The van der Waals surface area contributed by atoms with Crippen molar-refractivity contribution in [2.24, 2.45) is 0 Å². The lowest BCUT2D eigenvalue weighted by molar-refractivity contribution is 1.03. The molecule has 0 saturated heterocycles. The zero-order valence-corrected chi connectivity index (χ0v) is 9.86. The second-order valence-corrected chi connectivity index (χ2v) is 3.93. The average molecular weight is 245 g/mol. The Kier molecular flexibility index (Phi) is 3.22. The van der Waals surface area contributed by atoms with Crippen LogP contribution in [0.25, 0.3) is 0 Å². The first-order valence-corrected chi connectivity index (χ1v) is 5.33. The molecule has 0 spiro atoms. The second kappa shape index (κ2) is 4.81. The van der Waals surface area contributed by atoms with Crippen molar-refractivity contribution in [1.29, 1.82) is 5.26 Å². The van der Waals surface area contributed by atoms with E-state index >= 15 is 0 Å². The zero-order chi connectivity index (χ0) is 12.3. The highest BCUT2D eigenvalue weighted by atomic mass is 35.5. The Balaban J connectivity index is 2.35. The number of benzene rings is 1. The Bertz CT molecular complexity index is 589. The molecule has 17 heavy (non-hydrogen) atoms. The number of nitriles is 1. The topological polar surface area (TPSA) is 61.6 Å². The molecule has 84 valence electrons. The molecule has 0 aliphatic rings. The van der Waals surface area contributed by atoms with Gasteiger partial charge in [0.05, 0.1) is 11.8 Å². The monoisotopic (exact) mass is 244 g/mol. The van der Waals surface area contributed by atoms with E-state index in [0.717, 1.165) is 11.3 Å². The third-order valence-corrected chi connectivity index (χ3v) is 2.52. The van der Waals surface area contributed by atoms with Crippen molar-refractivity contribution < 1.29 is 0 Å². The Morgan fingerprint density at radius 3 is 2.88 bits per heavy atom. The Hall–Kier alpha value is -2.12. The van der Waals surface area contributed by atoms with Crippen LogP contribution in [0.3, 0.4) is 0 Å². The highest BCUT2D eigenvalue weighted by Crippen LogP contribution is 2.23. The van der Waals surface area contributed by atoms with E-state index < -0.39 is 0 Å². The molecule has 5 heteroatoms. The van der Waals surface area contributed by atoms with Crippen molar-refractivity contribution in [3.8, 4) is 6.07 Å². The van der Waals surface area contributed by atoms with E-state index in [1.165, 1.54) is 6.20 Å². The van der Waals surface area contributed by atoms with Crippen LogP contribution in [0.15, 0.2) is 30.5 Å². The molecule has 1 N–H and O–H groups in total. The predicted molar refractivity (Wildman–Crippen MR) is 66.2 cm³/mol. The third-order valence-electron chi connectivity index (χ3n) is 2.28. The second-order valence-electron chi connectivity index (χ2n) is 3.49. The van der Waals surface area contributed by atoms with Gasteiger partial charge in [0.25, 0.3) is 0 Å². The van der Waals surface area contributed by atoms with Gasteiger partial charge in [-0.3, -0.25) is 0 Å². The lowest BCUT2D eigenvalue weighted by atomic mass is 10.2. The van der Waals surface area contributed by atoms with Crippen LogP contribution in [0.4, 0.5) is 11.5 Å².